The summed E-state index contributed by atoms with van der Waals surface area (Å²) in [5, 5.41) is 6.12. The largest absolute Gasteiger partial charge is 0.453 e. The maximum Gasteiger partial charge on any atom is 0.409 e. The van der Waals surface area contributed by atoms with E-state index in [1.54, 1.807) is 11.1 Å². The predicted molar refractivity (Wildman–Crippen MR) is 136 cm³/mol. The third-order valence-corrected chi connectivity index (χ3v) is 7.28. The number of methoxy groups -OCH3 is 1. The first kappa shape index (κ1) is 25.6. The summed E-state index contributed by atoms with van der Waals surface area (Å²) in [7, 11) is 1.35. The Morgan fingerprint density at radius 2 is 1.84 bits per heavy atom. The number of imidazole rings is 1. The number of hydrogen-bond donors (Lipinski definition) is 3. The number of likely N-dealkylation sites (tertiary alicyclic amines) is 1. The molecule has 1 saturated heterocycles. The zero-order valence-electron chi connectivity index (χ0n) is 21.0. The zero-order chi connectivity index (χ0) is 26.8. The molecule has 1 unspecified atom stereocenters. The lowest BCUT2D eigenvalue weighted by molar-refractivity contribution is -0.122. The zero-order valence-corrected chi connectivity index (χ0v) is 21.0. The Balaban J connectivity index is 1.47. The number of fused-ring (bicyclic) bond motifs is 1. The lowest BCUT2D eigenvalue weighted by Crippen LogP contribution is -2.45. The summed E-state index contributed by atoms with van der Waals surface area (Å²) in [5.74, 6) is -1.45. The summed E-state index contributed by atoms with van der Waals surface area (Å²) in [6, 6.07) is 3.42. The molecule has 3 aromatic rings. The molecule has 1 aromatic carbocycles. The second-order valence-corrected chi connectivity index (χ2v) is 9.74. The fourth-order valence-corrected chi connectivity index (χ4v) is 5.31. The number of amides is 2. The van der Waals surface area contributed by atoms with Crippen LogP contribution in [-0.2, 0) is 9.53 Å². The molecule has 4 N–H and O–H groups in total. The molecule has 5 rings (SSSR count). The summed E-state index contributed by atoms with van der Waals surface area (Å²) in [5.41, 5.74) is 6.15. The minimum atomic E-state index is -0.748. The monoisotopic (exact) mass is 528 g/mol. The van der Waals surface area contributed by atoms with Crippen LogP contribution in [0.3, 0.4) is 0 Å². The van der Waals surface area contributed by atoms with Gasteiger partial charge in [-0.15, -0.1) is 0 Å². The molecule has 11 nitrogen and oxygen atoms in total. The highest BCUT2D eigenvalue weighted by Crippen LogP contribution is 2.37. The number of benzene rings is 1. The van der Waals surface area contributed by atoms with Gasteiger partial charge in [-0.1, -0.05) is 6.07 Å². The van der Waals surface area contributed by atoms with Crippen molar-refractivity contribution in [2.75, 3.05) is 30.8 Å². The van der Waals surface area contributed by atoms with Crippen molar-refractivity contribution in [3.8, 4) is 0 Å². The van der Waals surface area contributed by atoms with Gasteiger partial charge in [0.1, 0.15) is 22.8 Å². The predicted octanol–water partition coefficient (Wildman–Crippen LogP) is 3.71. The van der Waals surface area contributed by atoms with E-state index in [-0.39, 0.29) is 41.6 Å². The van der Waals surface area contributed by atoms with Crippen molar-refractivity contribution in [1.82, 2.24) is 24.4 Å². The van der Waals surface area contributed by atoms with E-state index in [9.17, 15) is 18.4 Å². The number of para-hydroxylation sites is 1. The van der Waals surface area contributed by atoms with E-state index in [0.29, 0.717) is 55.9 Å². The van der Waals surface area contributed by atoms with E-state index in [1.807, 2.05) is 4.57 Å². The lowest BCUT2D eigenvalue weighted by atomic mass is 9.85. The molecule has 0 spiro atoms. The van der Waals surface area contributed by atoms with Crippen molar-refractivity contribution in [2.45, 2.75) is 50.6 Å². The van der Waals surface area contributed by atoms with Gasteiger partial charge in [-0.3, -0.25) is 9.36 Å². The summed E-state index contributed by atoms with van der Waals surface area (Å²) in [4.78, 5) is 39.0. The standard InChI is InChI=1S/C25H30F2N8O3/c1-38-25(37)34-11-3-4-15(13-34)30-23-29-12-19-22(33-23)35(16-9-7-14(8-10-16)21(28)36)24(31-19)32-20-17(26)5-2-6-18(20)27/h2,5-6,12,14-16H,3-4,7-11,13H2,1H3,(H2,28,36)(H,31,32)(H,29,30,33)/t14-,15?,16+. The van der Waals surface area contributed by atoms with Crippen molar-refractivity contribution in [3.63, 3.8) is 0 Å². The topological polar surface area (TPSA) is 140 Å². The van der Waals surface area contributed by atoms with Gasteiger partial charge in [-0.05, 0) is 50.7 Å². The number of nitrogens with one attached hydrogen (secondary N) is 2. The number of hydrogen-bond acceptors (Lipinski definition) is 8. The number of aromatic nitrogens is 4. The number of anilines is 3. The molecule has 202 valence electrons. The number of rotatable bonds is 6. The minimum Gasteiger partial charge on any atom is -0.453 e. The highest BCUT2D eigenvalue weighted by atomic mass is 19.1. The summed E-state index contributed by atoms with van der Waals surface area (Å²) < 4.78 is 35.6. The molecule has 2 aromatic heterocycles. The van der Waals surface area contributed by atoms with Crippen molar-refractivity contribution in [1.29, 1.82) is 0 Å². The molecule has 1 saturated carbocycles. The molecule has 3 heterocycles. The molecule has 2 fully saturated rings. The fraction of sp³-hybridized carbons (Fsp3) is 0.480. The molecule has 13 heteroatoms. The maximum atomic E-state index is 14.5. The van der Waals surface area contributed by atoms with E-state index in [4.69, 9.17) is 15.5 Å². The van der Waals surface area contributed by atoms with Crippen LogP contribution in [0, 0.1) is 17.6 Å². The van der Waals surface area contributed by atoms with Crippen LogP contribution < -0.4 is 16.4 Å². The molecule has 1 aliphatic heterocycles. The number of halogens is 2. The number of carbonyl (C=O) groups excluding carboxylic acids is 2. The number of piperidine rings is 1. The van der Waals surface area contributed by atoms with Crippen LogP contribution in [-0.4, -0.2) is 62.7 Å². The van der Waals surface area contributed by atoms with E-state index >= 15 is 0 Å². The van der Waals surface area contributed by atoms with E-state index in [2.05, 4.69) is 20.6 Å². The Morgan fingerprint density at radius 1 is 1.11 bits per heavy atom. The number of nitrogens with zero attached hydrogens (tertiary/aromatic N) is 5. The molecule has 0 bridgehead atoms. The number of ether oxygens (including phenoxy) is 1. The van der Waals surface area contributed by atoms with Crippen LogP contribution in [0.25, 0.3) is 11.2 Å². The van der Waals surface area contributed by atoms with Gasteiger partial charge in [0.2, 0.25) is 17.8 Å². The van der Waals surface area contributed by atoms with Gasteiger partial charge in [-0.2, -0.15) is 4.98 Å². The summed E-state index contributed by atoms with van der Waals surface area (Å²) in [6.07, 6.45) is 5.23. The van der Waals surface area contributed by atoms with E-state index in [0.717, 1.165) is 12.8 Å². The molecule has 38 heavy (non-hydrogen) atoms. The van der Waals surface area contributed by atoms with Crippen LogP contribution in [0.4, 0.5) is 31.2 Å². The summed E-state index contributed by atoms with van der Waals surface area (Å²) in [6.45, 7) is 1.07. The van der Waals surface area contributed by atoms with Crippen LogP contribution >= 0.6 is 0 Å². The van der Waals surface area contributed by atoms with Gasteiger partial charge in [0.15, 0.2) is 5.65 Å². The average Bonchev–Trinajstić information content (AvgIpc) is 3.27. The maximum absolute atomic E-state index is 14.5. The smallest absolute Gasteiger partial charge is 0.409 e. The van der Waals surface area contributed by atoms with Gasteiger partial charge in [0.05, 0.1) is 13.3 Å². The second-order valence-electron chi connectivity index (χ2n) is 9.74. The molecular weight excluding hydrogens is 498 g/mol. The third kappa shape index (κ3) is 5.18. The molecule has 2 aliphatic rings. The molecule has 1 atom stereocenters. The van der Waals surface area contributed by atoms with Crippen LogP contribution in [0.2, 0.25) is 0 Å². The van der Waals surface area contributed by atoms with Gasteiger partial charge < -0.3 is 26.0 Å². The van der Waals surface area contributed by atoms with Crippen molar-refractivity contribution < 1.29 is 23.1 Å². The van der Waals surface area contributed by atoms with Crippen molar-refractivity contribution in [2.24, 2.45) is 11.7 Å². The SMILES string of the molecule is COC(=O)N1CCCC(Nc2ncc3nc(Nc4c(F)cccc4F)n([C@H]4CC[C@@H](C(N)=O)CC4)c3n2)C1. The fourth-order valence-electron chi connectivity index (χ4n) is 5.31. The van der Waals surface area contributed by atoms with Crippen LogP contribution in [0.1, 0.15) is 44.6 Å². The van der Waals surface area contributed by atoms with Gasteiger partial charge in [-0.25, -0.2) is 23.5 Å². The molecular formula is C25H30F2N8O3. The van der Waals surface area contributed by atoms with E-state index < -0.39 is 11.6 Å². The number of nitrogens with two attached hydrogens (primary N) is 1. The van der Waals surface area contributed by atoms with E-state index in [1.165, 1.54) is 25.3 Å². The lowest BCUT2D eigenvalue weighted by Gasteiger charge is -2.32. The van der Waals surface area contributed by atoms with Crippen molar-refractivity contribution in [3.05, 3.63) is 36.0 Å². The highest BCUT2D eigenvalue weighted by molar-refractivity contribution is 5.78. The molecule has 1 aliphatic carbocycles. The Labute approximate surface area is 217 Å². The highest BCUT2D eigenvalue weighted by Gasteiger charge is 2.30. The Morgan fingerprint density at radius 3 is 2.53 bits per heavy atom. The first-order valence-electron chi connectivity index (χ1n) is 12.7. The first-order valence-corrected chi connectivity index (χ1v) is 12.7. The van der Waals surface area contributed by atoms with Gasteiger partial charge in [0.25, 0.3) is 0 Å². The Hall–Kier alpha value is -4.03. The molecule has 2 amide bonds. The Kier molecular flexibility index (Phi) is 7.25. The van der Waals surface area contributed by atoms with Crippen LogP contribution in [0.15, 0.2) is 24.4 Å². The number of carbonyl (C=O) groups is 2. The minimum absolute atomic E-state index is 0.0761. The van der Waals surface area contributed by atoms with Crippen LogP contribution in [0.5, 0.6) is 0 Å². The van der Waals surface area contributed by atoms with Crippen molar-refractivity contribution >= 4 is 40.7 Å². The van der Waals surface area contributed by atoms with Gasteiger partial charge in [0, 0.05) is 31.1 Å². The molecule has 0 radical (unpaired) electrons. The Bertz CT molecular complexity index is 1320. The normalized spacial score (nSPS) is 21.8. The third-order valence-electron chi connectivity index (χ3n) is 7.28. The quantitative estimate of drug-likeness (QED) is 0.440. The summed E-state index contributed by atoms with van der Waals surface area (Å²) >= 11 is 0. The number of primary amides is 1. The average molecular weight is 529 g/mol. The second kappa shape index (κ2) is 10.8. The first-order chi connectivity index (χ1) is 18.3. The van der Waals surface area contributed by atoms with Gasteiger partial charge >= 0.3 is 6.09 Å².